The van der Waals surface area contributed by atoms with Crippen LogP contribution in [0.2, 0.25) is 10.2 Å². The van der Waals surface area contributed by atoms with E-state index in [0.29, 0.717) is 3.57 Å². The van der Waals surface area contributed by atoms with Crippen molar-refractivity contribution < 1.29 is 4.39 Å². The molecule has 0 N–H and O–H groups in total. The van der Waals surface area contributed by atoms with Gasteiger partial charge >= 0.3 is 0 Å². The van der Waals surface area contributed by atoms with Crippen LogP contribution in [0.5, 0.6) is 0 Å². The van der Waals surface area contributed by atoms with Gasteiger partial charge in [0, 0.05) is 6.20 Å². The highest BCUT2D eigenvalue weighted by atomic mass is 127. The Morgan fingerprint density at radius 2 is 2.10 bits per heavy atom. The third kappa shape index (κ3) is 1.52. The molecule has 0 atom stereocenters. The molecule has 0 aliphatic carbocycles. The van der Waals surface area contributed by atoms with Crippen molar-refractivity contribution in [2.75, 3.05) is 0 Å². The number of nitrogens with zero attached hydrogens (tertiary/aromatic N) is 1. The highest BCUT2D eigenvalue weighted by Crippen LogP contribution is 2.24. The molecule has 0 radical (unpaired) electrons. The molecule has 0 unspecified atom stereocenters. The molecule has 1 aromatic heterocycles. The fourth-order valence-corrected chi connectivity index (χ4v) is 1.13. The molecule has 0 spiro atoms. The molecule has 0 fully saturated rings. The van der Waals surface area contributed by atoms with Crippen molar-refractivity contribution in [3.05, 3.63) is 25.8 Å². The lowest BCUT2D eigenvalue weighted by molar-refractivity contribution is 0.621. The van der Waals surface area contributed by atoms with Crippen molar-refractivity contribution in [3.63, 3.8) is 0 Å². The van der Waals surface area contributed by atoms with Gasteiger partial charge in [-0.3, -0.25) is 0 Å². The molecule has 5 heteroatoms. The summed E-state index contributed by atoms with van der Waals surface area (Å²) in [5.74, 6) is -0.657. The van der Waals surface area contributed by atoms with Crippen LogP contribution in [0.4, 0.5) is 4.39 Å². The van der Waals surface area contributed by atoms with Crippen LogP contribution in [0.25, 0.3) is 0 Å². The first-order chi connectivity index (χ1) is 4.63. The lowest BCUT2D eigenvalue weighted by Crippen LogP contribution is -1.86. The first kappa shape index (κ1) is 8.49. The molecule has 1 rings (SSSR count). The van der Waals surface area contributed by atoms with E-state index in [4.69, 9.17) is 23.2 Å². The van der Waals surface area contributed by atoms with Crippen LogP contribution in [0.3, 0.4) is 0 Å². The number of aromatic nitrogens is 1. The zero-order valence-electron chi connectivity index (χ0n) is 4.54. The molecule has 10 heavy (non-hydrogen) atoms. The van der Waals surface area contributed by atoms with E-state index >= 15 is 0 Å². The lowest BCUT2D eigenvalue weighted by Gasteiger charge is -1.96. The predicted molar refractivity (Wildman–Crippen MR) is 46.9 cm³/mol. The van der Waals surface area contributed by atoms with Gasteiger partial charge in [0.2, 0.25) is 0 Å². The summed E-state index contributed by atoms with van der Waals surface area (Å²) in [7, 11) is 0. The molecule has 0 aliphatic rings. The Morgan fingerprint density at radius 3 is 2.60 bits per heavy atom. The molecule has 54 valence electrons. The van der Waals surface area contributed by atoms with Crippen LogP contribution in [0, 0.1) is 9.39 Å². The van der Waals surface area contributed by atoms with E-state index in [1.807, 2.05) is 22.6 Å². The van der Waals surface area contributed by atoms with Gasteiger partial charge in [0.25, 0.3) is 0 Å². The second-order valence-corrected chi connectivity index (χ2v) is 3.42. The third-order valence-corrected chi connectivity index (χ3v) is 2.64. The first-order valence-corrected chi connectivity index (χ1v) is 4.11. The minimum atomic E-state index is -0.657. The SMILES string of the molecule is Fc1c(Cl)ncc(I)c1Cl. The van der Waals surface area contributed by atoms with E-state index in [0.717, 1.165) is 0 Å². The van der Waals surface area contributed by atoms with Gasteiger partial charge in [-0.2, -0.15) is 0 Å². The quantitative estimate of drug-likeness (QED) is 0.529. The van der Waals surface area contributed by atoms with Gasteiger partial charge in [-0.25, -0.2) is 9.37 Å². The number of rotatable bonds is 0. The molecule has 1 aromatic rings. The molecule has 0 bridgehead atoms. The molecule has 0 saturated heterocycles. The summed E-state index contributed by atoms with van der Waals surface area (Å²) >= 11 is 12.7. The van der Waals surface area contributed by atoms with Crippen molar-refractivity contribution in [1.82, 2.24) is 4.98 Å². The normalized spacial score (nSPS) is 10.0. The summed E-state index contributed by atoms with van der Waals surface area (Å²) in [6, 6.07) is 0. The van der Waals surface area contributed by atoms with Crippen LogP contribution in [0.1, 0.15) is 0 Å². The lowest BCUT2D eigenvalue weighted by atomic mass is 10.5. The maximum absolute atomic E-state index is 12.7. The smallest absolute Gasteiger partial charge is 0.180 e. The van der Waals surface area contributed by atoms with Crippen molar-refractivity contribution in [2.24, 2.45) is 0 Å². The van der Waals surface area contributed by atoms with Gasteiger partial charge in [0.05, 0.1) is 8.59 Å². The Labute approximate surface area is 80.7 Å². The topological polar surface area (TPSA) is 12.9 Å². The third-order valence-electron chi connectivity index (χ3n) is 0.875. The summed E-state index contributed by atoms with van der Waals surface area (Å²) in [6.07, 6.45) is 1.41. The maximum Gasteiger partial charge on any atom is 0.180 e. The van der Waals surface area contributed by atoms with E-state index in [9.17, 15) is 4.39 Å². The molecule has 1 heterocycles. The van der Waals surface area contributed by atoms with Crippen LogP contribution in [0.15, 0.2) is 6.20 Å². The monoisotopic (exact) mass is 291 g/mol. The van der Waals surface area contributed by atoms with Gasteiger partial charge in [0.1, 0.15) is 0 Å². The van der Waals surface area contributed by atoms with Gasteiger partial charge < -0.3 is 0 Å². The van der Waals surface area contributed by atoms with E-state index in [2.05, 4.69) is 4.98 Å². The highest BCUT2D eigenvalue weighted by Gasteiger charge is 2.08. The van der Waals surface area contributed by atoms with E-state index in [-0.39, 0.29) is 10.2 Å². The number of pyridine rings is 1. The van der Waals surface area contributed by atoms with Crippen LogP contribution >= 0.6 is 45.8 Å². The molecule has 0 aliphatic heterocycles. The van der Waals surface area contributed by atoms with E-state index in [1.54, 1.807) is 0 Å². The average molecular weight is 292 g/mol. The predicted octanol–water partition coefficient (Wildman–Crippen LogP) is 3.13. The summed E-state index contributed by atoms with van der Waals surface area (Å²) in [4.78, 5) is 3.54. The number of halogens is 4. The Kier molecular flexibility index (Phi) is 2.71. The molecular formula is C5HCl2FIN. The summed E-state index contributed by atoms with van der Waals surface area (Å²) in [5, 5.41) is -0.161. The first-order valence-electron chi connectivity index (χ1n) is 2.28. The van der Waals surface area contributed by atoms with Crippen LogP contribution in [-0.2, 0) is 0 Å². The highest BCUT2D eigenvalue weighted by molar-refractivity contribution is 14.1. The van der Waals surface area contributed by atoms with Crippen molar-refractivity contribution in [1.29, 1.82) is 0 Å². The molecular weight excluding hydrogens is 291 g/mol. The Balaban J connectivity index is 3.34. The minimum Gasteiger partial charge on any atom is -0.240 e. The van der Waals surface area contributed by atoms with Crippen molar-refractivity contribution in [3.8, 4) is 0 Å². The summed E-state index contributed by atoms with van der Waals surface area (Å²) in [6.45, 7) is 0. The van der Waals surface area contributed by atoms with Gasteiger partial charge in [-0.15, -0.1) is 0 Å². The largest absolute Gasteiger partial charge is 0.240 e. The second kappa shape index (κ2) is 3.19. The van der Waals surface area contributed by atoms with Crippen LogP contribution in [-0.4, -0.2) is 4.98 Å². The average Bonchev–Trinajstić information content (AvgIpc) is 1.93. The molecule has 0 aromatic carbocycles. The minimum absolute atomic E-state index is 0.0283. The van der Waals surface area contributed by atoms with E-state index in [1.165, 1.54) is 6.20 Å². The fourth-order valence-electron chi connectivity index (χ4n) is 0.422. The van der Waals surface area contributed by atoms with Crippen molar-refractivity contribution >= 4 is 45.8 Å². The fraction of sp³-hybridized carbons (Fsp3) is 0. The van der Waals surface area contributed by atoms with E-state index < -0.39 is 5.82 Å². The Hall–Kier alpha value is 0.390. The Bertz CT molecular complexity index is 239. The van der Waals surface area contributed by atoms with Gasteiger partial charge in [0.15, 0.2) is 11.0 Å². The Morgan fingerprint density at radius 1 is 1.50 bits per heavy atom. The van der Waals surface area contributed by atoms with Gasteiger partial charge in [-0.1, -0.05) is 23.2 Å². The number of hydrogen-bond donors (Lipinski definition) is 0. The summed E-state index contributed by atoms with van der Waals surface area (Å²) in [5.41, 5.74) is 0. The standard InChI is InChI=1S/C5HCl2FIN/c6-3-2(9)1-10-5(7)4(3)8/h1H. The second-order valence-electron chi connectivity index (χ2n) is 1.52. The maximum atomic E-state index is 12.7. The van der Waals surface area contributed by atoms with Gasteiger partial charge in [-0.05, 0) is 22.6 Å². The number of hydrogen-bond acceptors (Lipinski definition) is 1. The molecule has 0 amide bonds. The van der Waals surface area contributed by atoms with Crippen LogP contribution < -0.4 is 0 Å². The zero-order valence-corrected chi connectivity index (χ0v) is 8.21. The molecule has 0 saturated carbocycles. The zero-order chi connectivity index (χ0) is 7.72. The van der Waals surface area contributed by atoms with Crippen molar-refractivity contribution in [2.45, 2.75) is 0 Å². The molecule has 1 nitrogen and oxygen atoms in total. The summed E-state index contributed by atoms with van der Waals surface area (Å²) < 4.78 is 13.2.